The van der Waals surface area contributed by atoms with Crippen LogP contribution in [0.3, 0.4) is 0 Å². The van der Waals surface area contributed by atoms with Crippen LogP contribution in [-0.4, -0.2) is 75.0 Å². The fourth-order valence-electron chi connectivity index (χ4n) is 5.55. The average Bonchev–Trinajstić information content (AvgIpc) is 3.41. The summed E-state index contributed by atoms with van der Waals surface area (Å²) in [6.45, 7) is 7.41. The first kappa shape index (κ1) is 24.3. The Balaban J connectivity index is 1.17. The molecule has 8 heteroatoms. The number of likely N-dealkylation sites (tertiary alicyclic amines) is 1. The molecule has 6 rings (SSSR count). The Hall–Kier alpha value is -4.06. The van der Waals surface area contributed by atoms with Crippen LogP contribution in [0.5, 0.6) is 0 Å². The van der Waals surface area contributed by atoms with Gasteiger partial charge in [-0.1, -0.05) is 24.3 Å². The summed E-state index contributed by atoms with van der Waals surface area (Å²) in [6, 6.07) is 17.4. The number of rotatable bonds is 4. The topological polar surface area (TPSA) is 86.8 Å². The molecular weight excluding hydrogens is 476 g/mol. The minimum atomic E-state index is 0.0897. The molecule has 8 nitrogen and oxygen atoms in total. The number of amides is 1. The summed E-state index contributed by atoms with van der Waals surface area (Å²) in [6.07, 6.45) is 7.57. The standard InChI is InChI=1S/C30H30N6O2/c1-30(35-14-16-38-17-15-35)10-12-34(13-11-30)28(37)25-8-6-23(7-9-25)26-19-32-29-33-20-27(36(29)21-26)24-4-2-22(18-31)3-5-24/h2-9,19-21H,10-17H2,1H3. The predicted molar refractivity (Wildman–Crippen MR) is 145 cm³/mol. The van der Waals surface area contributed by atoms with E-state index in [-0.39, 0.29) is 11.4 Å². The van der Waals surface area contributed by atoms with Gasteiger partial charge in [0.15, 0.2) is 0 Å². The lowest BCUT2D eigenvalue weighted by molar-refractivity contribution is -0.0372. The molecule has 0 spiro atoms. The lowest BCUT2D eigenvalue weighted by atomic mass is 9.87. The Morgan fingerprint density at radius 2 is 1.55 bits per heavy atom. The van der Waals surface area contributed by atoms with Crippen LogP contribution in [-0.2, 0) is 4.74 Å². The first-order valence-electron chi connectivity index (χ1n) is 13.1. The van der Waals surface area contributed by atoms with Gasteiger partial charge in [0.1, 0.15) is 0 Å². The number of piperidine rings is 1. The van der Waals surface area contributed by atoms with Crippen molar-refractivity contribution in [1.82, 2.24) is 24.2 Å². The molecule has 0 aliphatic carbocycles. The van der Waals surface area contributed by atoms with E-state index >= 15 is 0 Å². The number of hydrogen-bond acceptors (Lipinski definition) is 6. The average molecular weight is 507 g/mol. The lowest BCUT2D eigenvalue weighted by Crippen LogP contribution is -2.57. The predicted octanol–water partition coefficient (Wildman–Crippen LogP) is 4.26. The molecule has 2 fully saturated rings. The van der Waals surface area contributed by atoms with Crippen molar-refractivity contribution in [2.75, 3.05) is 39.4 Å². The maximum atomic E-state index is 13.3. The molecule has 2 saturated heterocycles. The van der Waals surface area contributed by atoms with Crippen molar-refractivity contribution < 1.29 is 9.53 Å². The van der Waals surface area contributed by atoms with Crippen molar-refractivity contribution in [2.24, 2.45) is 0 Å². The van der Waals surface area contributed by atoms with Crippen molar-refractivity contribution >= 4 is 11.7 Å². The number of nitriles is 1. The highest BCUT2D eigenvalue weighted by Crippen LogP contribution is 2.30. The molecule has 2 aliphatic heterocycles. The third-order valence-corrected chi connectivity index (χ3v) is 8.04. The number of imidazole rings is 1. The van der Waals surface area contributed by atoms with Gasteiger partial charge < -0.3 is 9.64 Å². The fraction of sp³-hybridized carbons (Fsp3) is 0.333. The zero-order valence-electron chi connectivity index (χ0n) is 21.5. The van der Waals surface area contributed by atoms with E-state index in [1.54, 1.807) is 24.5 Å². The van der Waals surface area contributed by atoms with Crippen LogP contribution in [0.4, 0.5) is 0 Å². The van der Waals surface area contributed by atoms with Crippen LogP contribution in [0, 0.1) is 11.3 Å². The van der Waals surface area contributed by atoms with Gasteiger partial charge in [0.25, 0.3) is 5.91 Å². The molecule has 0 atom stereocenters. The molecule has 38 heavy (non-hydrogen) atoms. The van der Waals surface area contributed by atoms with Crippen molar-refractivity contribution in [3.63, 3.8) is 0 Å². The summed E-state index contributed by atoms with van der Waals surface area (Å²) < 4.78 is 7.47. The number of carbonyl (C=O) groups excluding carboxylic acids is 1. The molecule has 192 valence electrons. The van der Waals surface area contributed by atoms with Crippen molar-refractivity contribution in [1.29, 1.82) is 5.26 Å². The summed E-state index contributed by atoms with van der Waals surface area (Å²) in [5, 5.41) is 9.08. The maximum Gasteiger partial charge on any atom is 0.253 e. The third kappa shape index (κ3) is 4.55. The molecular formula is C30H30N6O2. The number of hydrogen-bond donors (Lipinski definition) is 0. The molecule has 2 aromatic carbocycles. The van der Waals surface area contributed by atoms with Crippen LogP contribution in [0.1, 0.15) is 35.7 Å². The smallest absolute Gasteiger partial charge is 0.253 e. The lowest BCUT2D eigenvalue weighted by Gasteiger charge is -2.48. The summed E-state index contributed by atoms with van der Waals surface area (Å²) in [4.78, 5) is 26.8. The van der Waals surface area contributed by atoms with Crippen LogP contribution in [0.2, 0.25) is 0 Å². The van der Waals surface area contributed by atoms with Gasteiger partial charge in [-0.25, -0.2) is 9.97 Å². The Bertz CT molecular complexity index is 1490. The third-order valence-electron chi connectivity index (χ3n) is 8.04. The second kappa shape index (κ2) is 10.0. The first-order valence-corrected chi connectivity index (χ1v) is 13.1. The molecule has 2 aromatic heterocycles. The highest BCUT2D eigenvalue weighted by molar-refractivity contribution is 5.94. The van der Waals surface area contributed by atoms with Crippen LogP contribution in [0.25, 0.3) is 28.2 Å². The van der Waals surface area contributed by atoms with Gasteiger partial charge in [-0.05, 0) is 49.6 Å². The molecule has 0 saturated carbocycles. The Kier molecular flexibility index (Phi) is 6.40. The Morgan fingerprint density at radius 1 is 0.895 bits per heavy atom. The van der Waals surface area contributed by atoms with Gasteiger partial charge in [-0.3, -0.25) is 14.1 Å². The summed E-state index contributed by atoms with van der Waals surface area (Å²) in [7, 11) is 0. The summed E-state index contributed by atoms with van der Waals surface area (Å²) in [5.74, 6) is 0.695. The summed E-state index contributed by atoms with van der Waals surface area (Å²) >= 11 is 0. The van der Waals surface area contributed by atoms with E-state index in [4.69, 9.17) is 10.00 Å². The van der Waals surface area contributed by atoms with Gasteiger partial charge in [0, 0.05) is 60.8 Å². The minimum absolute atomic E-state index is 0.0897. The second-order valence-electron chi connectivity index (χ2n) is 10.3. The molecule has 0 radical (unpaired) electrons. The normalized spacial score (nSPS) is 17.8. The van der Waals surface area contributed by atoms with Gasteiger partial charge in [0.2, 0.25) is 5.78 Å². The molecule has 4 aromatic rings. The number of benzene rings is 2. The number of fused-ring (bicyclic) bond motifs is 1. The van der Waals surface area contributed by atoms with Crippen molar-refractivity contribution in [3.05, 3.63) is 78.2 Å². The number of ether oxygens (including phenoxy) is 1. The Morgan fingerprint density at radius 3 is 2.24 bits per heavy atom. The zero-order valence-corrected chi connectivity index (χ0v) is 21.5. The molecule has 0 bridgehead atoms. The molecule has 0 N–H and O–H groups in total. The van der Waals surface area contributed by atoms with Gasteiger partial charge in [-0.2, -0.15) is 5.26 Å². The van der Waals surface area contributed by atoms with Gasteiger partial charge >= 0.3 is 0 Å². The maximum absolute atomic E-state index is 13.3. The Labute approximate surface area is 222 Å². The van der Waals surface area contributed by atoms with Crippen LogP contribution < -0.4 is 0 Å². The van der Waals surface area contributed by atoms with E-state index < -0.39 is 0 Å². The fourth-order valence-corrected chi connectivity index (χ4v) is 5.55. The van der Waals surface area contributed by atoms with Gasteiger partial charge in [0.05, 0.1) is 36.7 Å². The second-order valence-corrected chi connectivity index (χ2v) is 10.3. The van der Waals surface area contributed by atoms with E-state index in [0.717, 1.165) is 74.6 Å². The minimum Gasteiger partial charge on any atom is -0.379 e. The zero-order chi connectivity index (χ0) is 26.1. The quantitative estimate of drug-likeness (QED) is 0.411. The van der Waals surface area contributed by atoms with E-state index in [1.807, 2.05) is 51.9 Å². The van der Waals surface area contributed by atoms with Crippen molar-refractivity contribution in [2.45, 2.75) is 25.3 Å². The first-order chi connectivity index (χ1) is 18.5. The van der Waals surface area contributed by atoms with E-state index in [0.29, 0.717) is 16.9 Å². The largest absolute Gasteiger partial charge is 0.379 e. The van der Waals surface area contributed by atoms with Crippen molar-refractivity contribution in [3.8, 4) is 28.5 Å². The van der Waals surface area contributed by atoms with E-state index in [9.17, 15) is 4.79 Å². The SMILES string of the molecule is CC1(N2CCOCC2)CCN(C(=O)c2ccc(-c3cnc4ncc(-c5ccc(C#N)cc5)n4c3)cc2)CC1. The monoisotopic (exact) mass is 506 g/mol. The summed E-state index contributed by atoms with van der Waals surface area (Å²) in [5.41, 5.74) is 5.24. The molecule has 0 unspecified atom stereocenters. The highest BCUT2D eigenvalue weighted by atomic mass is 16.5. The number of nitrogens with zero attached hydrogens (tertiary/aromatic N) is 6. The molecule has 1 amide bonds. The van der Waals surface area contributed by atoms with Gasteiger partial charge in [-0.15, -0.1) is 0 Å². The molecule has 4 heterocycles. The highest BCUT2D eigenvalue weighted by Gasteiger charge is 2.37. The number of morpholine rings is 1. The van der Waals surface area contributed by atoms with E-state index in [1.165, 1.54) is 0 Å². The van der Waals surface area contributed by atoms with Crippen LogP contribution >= 0.6 is 0 Å². The number of carbonyl (C=O) groups is 1. The molecule has 2 aliphatic rings. The van der Waals surface area contributed by atoms with E-state index in [2.05, 4.69) is 27.9 Å². The number of aromatic nitrogens is 3. The van der Waals surface area contributed by atoms with Crippen LogP contribution in [0.15, 0.2) is 67.1 Å².